The topological polar surface area (TPSA) is 67.3 Å². The van der Waals surface area contributed by atoms with Crippen molar-refractivity contribution in [3.63, 3.8) is 0 Å². The molecule has 2 aromatic rings. The van der Waals surface area contributed by atoms with Crippen LogP contribution < -0.4 is 10.2 Å². The minimum atomic E-state index is -0.482. The molecule has 1 atom stereocenters. The van der Waals surface area contributed by atoms with E-state index in [1.165, 1.54) is 0 Å². The number of halogens is 1. The van der Waals surface area contributed by atoms with E-state index in [-0.39, 0.29) is 6.09 Å². The van der Waals surface area contributed by atoms with Crippen molar-refractivity contribution >= 4 is 34.4 Å². The molecule has 1 aromatic heterocycles. The maximum atomic E-state index is 11.9. The molecular weight excluding hydrogens is 352 g/mol. The van der Waals surface area contributed by atoms with Crippen LogP contribution in [-0.2, 0) is 4.74 Å². The molecule has 1 amide bonds. The molecule has 1 unspecified atom stereocenters. The van der Waals surface area contributed by atoms with Crippen molar-refractivity contribution in [3.05, 3.63) is 29.5 Å². The van der Waals surface area contributed by atoms with Crippen LogP contribution in [0, 0.1) is 5.92 Å². The van der Waals surface area contributed by atoms with E-state index in [1.807, 2.05) is 39.0 Å². The van der Waals surface area contributed by atoms with Crippen LogP contribution in [0.1, 0.15) is 33.6 Å². The average Bonchev–Trinajstić information content (AvgIpc) is 2.58. The summed E-state index contributed by atoms with van der Waals surface area (Å²) in [5, 5.41) is 4.55. The van der Waals surface area contributed by atoms with Crippen LogP contribution >= 0.6 is 11.6 Å². The van der Waals surface area contributed by atoms with Crippen LogP contribution in [0.2, 0.25) is 5.02 Å². The van der Waals surface area contributed by atoms with E-state index in [9.17, 15) is 4.79 Å². The summed E-state index contributed by atoms with van der Waals surface area (Å²) in [5.41, 5.74) is 0.362. The number of rotatable bonds is 3. The highest BCUT2D eigenvalue weighted by Crippen LogP contribution is 2.28. The first-order chi connectivity index (χ1) is 12.3. The highest BCUT2D eigenvalue weighted by molar-refractivity contribution is 6.31. The Bertz CT molecular complexity index is 791. The van der Waals surface area contributed by atoms with Gasteiger partial charge in [-0.2, -0.15) is 0 Å². The molecule has 140 valence electrons. The fourth-order valence-corrected chi connectivity index (χ4v) is 3.40. The van der Waals surface area contributed by atoms with E-state index in [0.29, 0.717) is 17.5 Å². The molecule has 1 aliphatic heterocycles. The first-order valence-corrected chi connectivity index (χ1v) is 9.32. The van der Waals surface area contributed by atoms with Crippen molar-refractivity contribution < 1.29 is 9.53 Å². The summed E-state index contributed by atoms with van der Waals surface area (Å²) in [6, 6.07) is 5.69. The lowest BCUT2D eigenvalue weighted by Gasteiger charge is -2.34. The number of carbonyl (C=O) groups excluding carboxylic acids is 1. The zero-order valence-corrected chi connectivity index (χ0v) is 16.2. The Kier molecular flexibility index (Phi) is 5.51. The second-order valence-corrected chi connectivity index (χ2v) is 8.13. The van der Waals surface area contributed by atoms with Crippen LogP contribution in [0.15, 0.2) is 24.5 Å². The molecule has 2 heterocycles. The van der Waals surface area contributed by atoms with Gasteiger partial charge < -0.3 is 15.0 Å². The molecule has 0 aliphatic carbocycles. The molecule has 6 nitrogen and oxygen atoms in total. The third-order valence-electron chi connectivity index (χ3n) is 4.33. The number of carbonyl (C=O) groups is 1. The van der Waals surface area contributed by atoms with Gasteiger partial charge in [-0.05, 0) is 57.7 Å². The second-order valence-electron chi connectivity index (χ2n) is 7.70. The molecule has 0 radical (unpaired) electrons. The lowest BCUT2D eigenvalue weighted by atomic mass is 9.97. The molecule has 7 heteroatoms. The number of fused-ring (bicyclic) bond motifs is 1. The summed E-state index contributed by atoms with van der Waals surface area (Å²) in [6.07, 6.45) is 3.34. The van der Waals surface area contributed by atoms with Gasteiger partial charge in [-0.25, -0.2) is 14.8 Å². The quantitative estimate of drug-likeness (QED) is 0.876. The van der Waals surface area contributed by atoms with Gasteiger partial charge in [0.15, 0.2) is 0 Å². The molecule has 1 aliphatic rings. The highest BCUT2D eigenvalue weighted by atomic mass is 35.5. The smallest absolute Gasteiger partial charge is 0.407 e. The Morgan fingerprint density at radius 3 is 2.96 bits per heavy atom. The van der Waals surface area contributed by atoms with Crippen molar-refractivity contribution in [2.24, 2.45) is 5.92 Å². The van der Waals surface area contributed by atoms with Crippen LogP contribution in [0.5, 0.6) is 0 Å². The van der Waals surface area contributed by atoms with Crippen molar-refractivity contribution in [1.29, 1.82) is 0 Å². The lowest BCUT2D eigenvalue weighted by Crippen LogP contribution is -2.42. The molecule has 1 fully saturated rings. The number of ether oxygens (including phenoxy) is 1. The number of piperidine rings is 1. The van der Waals surface area contributed by atoms with Gasteiger partial charge in [-0.15, -0.1) is 0 Å². The number of hydrogen-bond donors (Lipinski definition) is 1. The fraction of sp³-hybridized carbons (Fsp3) is 0.526. The zero-order valence-electron chi connectivity index (χ0n) is 15.5. The Hall–Kier alpha value is -2.08. The predicted molar refractivity (Wildman–Crippen MR) is 104 cm³/mol. The van der Waals surface area contributed by atoms with E-state index in [2.05, 4.69) is 20.2 Å². The summed E-state index contributed by atoms with van der Waals surface area (Å²) in [4.78, 5) is 23.0. The van der Waals surface area contributed by atoms with E-state index in [0.717, 1.165) is 42.7 Å². The fourth-order valence-electron chi connectivity index (χ4n) is 3.23. The van der Waals surface area contributed by atoms with Crippen molar-refractivity contribution in [3.8, 4) is 0 Å². The van der Waals surface area contributed by atoms with Crippen LogP contribution in [0.25, 0.3) is 10.9 Å². The molecule has 0 saturated carbocycles. The molecule has 0 bridgehead atoms. The number of nitrogens with one attached hydrogen (secondary N) is 1. The summed E-state index contributed by atoms with van der Waals surface area (Å²) >= 11 is 6.07. The van der Waals surface area contributed by atoms with Crippen LogP contribution in [0.3, 0.4) is 0 Å². The zero-order chi connectivity index (χ0) is 18.7. The van der Waals surface area contributed by atoms with Gasteiger partial charge in [-0.1, -0.05) is 11.6 Å². The number of amides is 1. The molecule has 1 N–H and O–H groups in total. The van der Waals surface area contributed by atoms with Crippen molar-refractivity contribution in [2.75, 3.05) is 24.5 Å². The Balaban J connectivity index is 1.66. The number of benzene rings is 1. The van der Waals surface area contributed by atoms with E-state index < -0.39 is 5.60 Å². The van der Waals surface area contributed by atoms with E-state index in [4.69, 9.17) is 16.3 Å². The standard InChI is InChI=1S/C19H25ClN4O2/c1-19(2,3)26-18(25)21-10-13-5-4-8-24(11-13)17-15-7-6-14(20)9-16(15)22-12-23-17/h6-7,9,12-13H,4-5,8,10-11H2,1-3H3,(H,21,25). The van der Waals surface area contributed by atoms with Gasteiger partial charge in [0.25, 0.3) is 0 Å². The predicted octanol–water partition coefficient (Wildman–Crippen LogP) is 4.02. The molecule has 0 spiro atoms. The number of alkyl carbamates (subject to hydrolysis) is 1. The summed E-state index contributed by atoms with van der Waals surface area (Å²) < 4.78 is 5.31. The van der Waals surface area contributed by atoms with Crippen LogP contribution in [-0.4, -0.2) is 41.3 Å². The number of aromatic nitrogens is 2. The highest BCUT2D eigenvalue weighted by Gasteiger charge is 2.24. The van der Waals surface area contributed by atoms with Crippen molar-refractivity contribution in [1.82, 2.24) is 15.3 Å². The van der Waals surface area contributed by atoms with Gasteiger partial charge in [-0.3, -0.25) is 0 Å². The third-order valence-corrected chi connectivity index (χ3v) is 4.57. The maximum absolute atomic E-state index is 11.9. The number of hydrogen-bond acceptors (Lipinski definition) is 5. The molecule has 1 saturated heterocycles. The first-order valence-electron chi connectivity index (χ1n) is 8.94. The monoisotopic (exact) mass is 376 g/mol. The maximum Gasteiger partial charge on any atom is 0.407 e. The Morgan fingerprint density at radius 1 is 1.38 bits per heavy atom. The third kappa shape index (κ3) is 4.75. The van der Waals surface area contributed by atoms with Gasteiger partial charge in [0.1, 0.15) is 17.7 Å². The summed E-state index contributed by atoms with van der Waals surface area (Å²) in [5.74, 6) is 1.28. The van der Waals surface area contributed by atoms with Crippen molar-refractivity contribution in [2.45, 2.75) is 39.2 Å². The van der Waals surface area contributed by atoms with Gasteiger partial charge in [0.05, 0.1) is 5.52 Å². The van der Waals surface area contributed by atoms with Gasteiger partial charge in [0.2, 0.25) is 0 Å². The molecule has 1 aromatic carbocycles. The first kappa shape index (κ1) is 18.7. The second kappa shape index (κ2) is 7.66. The minimum Gasteiger partial charge on any atom is -0.444 e. The Labute approximate surface area is 158 Å². The van der Waals surface area contributed by atoms with Gasteiger partial charge >= 0.3 is 6.09 Å². The molecular formula is C19H25ClN4O2. The summed E-state index contributed by atoms with van der Waals surface area (Å²) in [7, 11) is 0. The SMILES string of the molecule is CC(C)(C)OC(=O)NCC1CCCN(c2ncnc3cc(Cl)ccc23)C1. The average molecular weight is 377 g/mol. The molecule has 3 rings (SSSR count). The van der Waals surface area contributed by atoms with E-state index >= 15 is 0 Å². The van der Waals surface area contributed by atoms with Crippen LogP contribution in [0.4, 0.5) is 10.6 Å². The lowest BCUT2D eigenvalue weighted by molar-refractivity contribution is 0.0517. The molecule has 26 heavy (non-hydrogen) atoms. The number of nitrogens with zero attached hydrogens (tertiary/aromatic N) is 3. The normalized spacial score (nSPS) is 18.0. The largest absolute Gasteiger partial charge is 0.444 e. The Morgan fingerprint density at radius 2 is 2.19 bits per heavy atom. The van der Waals surface area contributed by atoms with Gasteiger partial charge in [0, 0.05) is 30.0 Å². The summed E-state index contributed by atoms with van der Waals surface area (Å²) in [6.45, 7) is 7.96. The minimum absolute atomic E-state index is 0.355. The number of anilines is 1. The van der Waals surface area contributed by atoms with E-state index in [1.54, 1.807) is 6.33 Å².